The Morgan fingerprint density at radius 3 is 1.86 bits per heavy atom. The quantitative estimate of drug-likeness (QED) is 0.501. The molecule has 1 radical (unpaired) electrons. The van der Waals surface area contributed by atoms with Gasteiger partial charge in [-0.05, 0) is 11.3 Å². The number of hydrogen-bond acceptors (Lipinski definition) is 2. The summed E-state index contributed by atoms with van der Waals surface area (Å²) in [5.74, 6) is 0. The second-order valence-electron chi connectivity index (χ2n) is 3.96. The first-order valence-corrected chi connectivity index (χ1v) is 6.20. The van der Waals surface area contributed by atoms with Gasteiger partial charge >= 0.3 is 0 Å². The second-order valence-corrected chi connectivity index (χ2v) is 3.96. The third kappa shape index (κ3) is 5.07. The monoisotopic (exact) mass is 493 g/mol. The second kappa shape index (κ2) is 11.1. The molecule has 0 N–H and O–H groups in total. The summed E-state index contributed by atoms with van der Waals surface area (Å²) < 4.78 is 0. The molecule has 22 heavy (non-hydrogen) atoms. The fourth-order valence-corrected chi connectivity index (χ4v) is 1.94. The van der Waals surface area contributed by atoms with E-state index in [1.54, 1.807) is 0 Å². The van der Waals surface area contributed by atoms with Crippen molar-refractivity contribution in [2.75, 3.05) is 0 Å². The van der Waals surface area contributed by atoms with Gasteiger partial charge in [0.25, 0.3) is 0 Å². The zero-order valence-electron chi connectivity index (χ0n) is 11.9. The van der Waals surface area contributed by atoms with E-state index in [4.69, 9.17) is 0 Å². The summed E-state index contributed by atoms with van der Waals surface area (Å²) in [7, 11) is 0. The van der Waals surface area contributed by atoms with Crippen molar-refractivity contribution in [1.82, 2.24) is 9.97 Å². The van der Waals surface area contributed by atoms with Gasteiger partial charge in [0.2, 0.25) is 0 Å². The molecule has 1 aromatic heterocycles. The van der Waals surface area contributed by atoms with Crippen LogP contribution in [0.5, 0.6) is 0 Å². The Morgan fingerprint density at radius 2 is 1.32 bits per heavy atom. The van der Waals surface area contributed by atoms with Gasteiger partial charge in [-0.1, -0.05) is 78.0 Å². The van der Waals surface area contributed by atoms with Crippen LogP contribution in [-0.4, -0.2) is 9.97 Å². The standard InChI is InChI=1S/C16H11N2.C2H3.V.W/c1-3-7-13(8-4-1)15-11-17-12-18-16(15)14-9-5-2-6-10-14;1-2;;/h1-11H;1H,2H2;;/q2*-1;;. The molecule has 109 valence electrons. The molecule has 0 spiro atoms. The molecule has 0 aliphatic carbocycles. The Balaban J connectivity index is 0.00000106. The van der Waals surface area contributed by atoms with Gasteiger partial charge in [0.15, 0.2) is 0 Å². The summed E-state index contributed by atoms with van der Waals surface area (Å²) in [5.41, 5.74) is 4.14. The first kappa shape index (κ1) is 20.5. The Bertz CT molecular complexity index is 602. The Hall–Kier alpha value is -1.47. The summed E-state index contributed by atoms with van der Waals surface area (Å²) in [5, 5.41) is 0. The summed E-state index contributed by atoms with van der Waals surface area (Å²) >= 11 is 0. The van der Waals surface area contributed by atoms with E-state index < -0.39 is 0 Å². The van der Waals surface area contributed by atoms with E-state index in [0.29, 0.717) is 0 Å². The van der Waals surface area contributed by atoms with Crippen LogP contribution in [-0.2, 0) is 39.6 Å². The van der Waals surface area contributed by atoms with E-state index in [1.807, 2.05) is 54.7 Å². The van der Waals surface area contributed by atoms with Crippen molar-refractivity contribution >= 4 is 0 Å². The number of aromatic nitrogens is 2. The molecular formula is C18H14N2VW-2. The molecule has 0 aliphatic heterocycles. The van der Waals surface area contributed by atoms with E-state index >= 15 is 0 Å². The molecule has 0 unspecified atom stereocenters. The van der Waals surface area contributed by atoms with Gasteiger partial charge < -0.3 is 16.5 Å². The number of nitrogens with zero attached hydrogens (tertiary/aromatic N) is 2. The van der Waals surface area contributed by atoms with Gasteiger partial charge in [0.1, 0.15) is 0 Å². The smallest absolute Gasteiger partial charge is 0.0219 e. The van der Waals surface area contributed by atoms with Gasteiger partial charge in [0.05, 0.1) is 0 Å². The van der Waals surface area contributed by atoms with Gasteiger partial charge in [-0.15, -0.1) is 0 Å². The summed E-state index contributed by atoms with van der Waals surface area (Å²) in [6.45, 7) is 7.00. The topological polar surface area (TPSA) is 25.8 Å². The molecule has 4 heteroatoms. The van der Waals surface area contributed by atoms with E-state index in [1.165, 1.54) is 0 Å². The van der Waals surface area contributed by atoms with Crippen LogP contribution in [0.4, 0.5) is 0 Å². The Labute approximate surface area is 157 Å². The fourth-order valence-electron chi connectivity index (χ4n) is 1.94. The van der Waals surface area contributed by atoms with Crippen molar-refractivity contribution in [1.29, 1.82) is 0 Å². The molecule has 2 nitrogen and oxygen atoms in total. The molecule has 0 amide bonds. The minimum absolute atomic E-state index is 0. The molecule has 3 rings (SSSR count). The SMILES string of the molecule is [CH-]=C.[V].[W].[c-]1ncc(-c2ccccc2)c(-c2ccccc2)n1. The molecule has 0 atom stereocenters. The Morgan fingerprint density at radius 1 is 0.818 bits per heavy atom. The largest absolute Gasteiger partial charge is 0.521 e. The maximum absolute atomic E-state index is 4.29. The summed E-state index contributed by atoms with van der Waals surface area (Å²) in [6.07, 6.45) is 4.48. The van der Waals surface area contributed by atoms with Crippen LogP contribution >= 0.6 is 0 Å². The maximum atomic E-state index is 4.29. The van der Waals surface area contributed by atoms with E-state index in [9.17, 15) is 0 Å². The third-order valence-electron chi connectivity index (χ3n) is 2.80. The van der Waals surface area contributed by atoms with Gasteiger partial charge in [0, 0.05) is 45.9 Å². The van der Waals surface area contributed by atoms with Crippen LogP contribution in [0.15, 0.2) is 73.4 Å². The van der Waals surface area contributed by atoms with Crippen molar-refractivity contribution in [2.45, 2.75) is 0 Å². The average Bonchev–Trinajstić information content (AvgIpc) is 2.58. The van der Waals surface area contributed by atoms with Crippen molar-refractivity contribution in [3.63, 3.8) is 0 Å². The van der Waals surface area contributed by atoms with Crippen LogP contribution < -0.4 is 0 Å². The van der Waals surface area contributed by atoms with Gasteiger partial charge in [-0.2, -0.15) is 0 Å². The normalized spacial score (nSPS) is 8.55. The molecule has 0 aliphatic rings. The van der Waals surface area contributed by atoms with Crippen molar-refractivity contribution in [2.24, 2.45) is 0 Å². The molecule has 0 bridgehead atoms. The van der Waals surface area contributed by atoms with E-state index in [2.05, 4.69) is 41.6 Å². The van der Waals surface area contributed by atoms with Crippen molar-refractivity contribution in [3.05, 3.63) is 86.3 Å². The zero-order chi connectivity index (χ0) is 14.2. The average molecular weight is 493 g/mol. The first-order valence-electron chi connectivity index (χ1n) is 6.20. The van der Waals surface area contributed by atoms with Crippen molar-refractivity contribution < 1.29 is 39.6 Å². The maximum Gasteiger partial charge on any atom is 0.0219 e. The third-order valence-corrected chi connectivity index (χ3v) is 2.80. The summed E-state index contributed by atoms with van der Waals surface area (Å²) in [4.78, 5) is 8.30. The molecule has 0 fully saturated rings. The predicted molar refractivity (Wildman–Crippen MR) is 81.7 cm³/mol. The van der Waals surface area contributed by atoms with Crippen LogP contribution in [0.25, 0.3) is 22.4 Å². The number of rotatable bonds is 2. The Kier molecular flexibility index (Phi) is 10.4. The van der Waals surface area contributed by atoms with Crippen molar-refractivity contribution in [3.8, 4) is 22.4 Å². The molecule has 3 aromatic rings. The zero-order valence-corrected chi connectivity index (χ0v) is 16.2. The molecule has 1 heterocycles. The fraction of sp³-hybridized carbons (Fsp3) is 0. The number of benzene rings is 2. The molecule has 0 saturated heterocycles. The number of hydrogen-bond donors (Lipinski definition) is 0. The van der Waals surface area contributed by atoms with Crippen LogP contribution in [0, 0.1) is 12.9 Å². The molecule has 0 saturated carbocycles. The van der Waals surface area contributed by atoms with E-state index in [-0.39, 0.29) is 39.6 Å². The summed E-state index contributed by atoms with van der Waals surface area (Å²) in [6, 6.07) is 20.2. The van der Waals surface area contributed by atoms with Gasteiger partial charge in [-0.3, -0.25) is 6.58 Å². The van der Waals surface area contributed by atoms with Crippen LogP contribution in [0.1, 0.15) is 0 Å². The minimum atomic E-state index is 0. The van der Waals surface area contributed by atoms with Crippen LogP contribution in [0.3, 0.4) is 0 Å². The van der Waals surface area contributed by atoms with Crippen LogP contribution in [0.2, 0.25) is 0 Å². The van der Waals surface area contributed by atoms with Gasteiger partial charge in [-0.25, -0.2) is 0 Å². The van der Waals surface area contributed by atoms with E-state index in [0.717, 1.165) is 22.4 Å². The first-order chi connectivity index (χ1) is 9.95. The molecule has 2 aromatic carbocycles. The molecular weight excluding hydrogens is 479 g/mol. The minimum Gasteiger partial charge on any atom is -0.521 e. The predicted octanol–water partition coefficient (Wildman–Crippen LogP) is 4.21.